The summed E-state index contributed by atoms with van der Waals surface area (Å²) in [5.41, 5.74) is 2.42. The number of amides is 1. The molecule has 0 radical (unpaired) electrons. The third-order valence-corrected chi connectivity index (χ3v) is 5.95. The van der Waals surface area contributed by atoms with Crippen LogP contribution in [0.2, 0.25) is 0 Å². The van der Waals surface area contributed by atoms with Crippen LogP contribution in [0.5, 0.6) is 17.5 Å². The van der Waals surface area contributed by atoms with E-state index in [0.29, 0.717) is 48.6 Å². The Morgan fingerprint density at radius 3 is 2.36 bits per heavy atom. The zero-order valence-electron chi connectivity index (χ0n) is 21.4. The van der Waals surface area contributed by atoms with E-state index in [0.717, 1.165) is 5.56 Å². The first-order valence-corrected chi connectivity index (χ1v) is 12.2. The number of ether oxygens (including phenoxy) is 3. The van der Waals surface area contributed by atoms with Crippen molar-refractivity contribution in [3.05, 3.63) is 77.6 Å². The molecule has 2 aromatic carbocycles. The number of alkyl halides is 3. The minimum Gasteiger partial charge on any atom is -0.474 e. The van der Waals surface area contributed by atoms with E-state index in [1.807, 2.05) is 30.3 Å². The van der Waals surface area contributed by atoms with Gasteiger partial charge < -0.3 is 23.9 Å². The lowest BCUT2D eigenvalue weighted by molar-refractivity contribution is -0.274. The number of hydrogen-bond acceptors (Lipinski definition) is 8. The largest absolute Gasteiger partial charge is 0.573 e. The fourth-order valence-corrected chi connectivity index (χ4v) is 3.82. The lowest BCUT2D eigenvalue weighted by atomic mass is 10.1. The van der Waals surface area contributed by atoms with E-state index in [2.05, 4.69) is 19.9 Å². The standard InChI is InChI=1S/C27H27F3N4O5/c1-18-24(37-22-12-14-34(15-13-22)26(35)36-16-20-6-4-3-5-7-20)31-17-32-25(18)39-33-19(2)21-8-10-23(11-9-21)38-27(28,29)30/h3-11,17,22H,12-16H2,1-2H3. The highest BCUT2D eigenvalue weighted by Crippen LogP contribution is 2.27. The molecule has 39 heavy (non-hydrogen) atoms. The van der Waals surface area contributed by atoms with Gasteiger partial charge in [-0.15, -0.1) is 13.2 Å². The number of carbonyl (C=O) groups is 1. The highest BCUT2D eigenvalue weighted by molar-refractivity contribution is 5.98. The summed E-state index contributed by atoms with van der Waals surface area (Å²) in [6.45, 7) is 4.57. The zero-order valence-corrected chi connectivity index (χ0v) is 21.4. The van der Waals surface area contributed by atoms with Gasteiger partial charge in [-0.2, -0.15) is 4.98 Å². The van der Waals surface area contributed by atoms with Crippen molar-refractivity contribution in [1.82, 2.24) is 14.9 Å². The van der Waals surface area contributed by atoms with E-state index in [4.69, 9.17) is 14.3 Å². The molecule has 0 aliphatic carbocycles. The van der Waals surface area contributed by atoms with Crippen molar-refractivity contribution in [3.8, 4) is 17.5 Å². The Labute approximate surface area is 223 Å². The average molecular weight is 545 g/mol. The number of rotatable bonds is 8. The minimum absolute atomic E-state index is 0.160. The maximum Gasteiger partial charge on any atom is 0.573 e. The number of aromatic nitrogens is 2. The predicted molar refractivity (Wildman–Crippen MR) is 135 cm³/mol. The first-order chi connectivity index (χ1) is 18.7. The van der Waals surface area contributed by atoms with Gasteiger partial charge in [0, 0.05) is 25.9 Å². The summed E-state index contributed by atoms with van der Waals surface area (Å²) in [4.78, 5) is 27.8. The fourth-order valence-electron chi connectivity index (χ4n) is 3.82. The summed E-state index contributed by atoms with van der Waals surface area (Å²) >= 11 is 0. The normalized spacial score (nSPS) is 14.6. The second kappa shape index (κ2) is 12.5. The molecule has 0 bridgehead atoms. The van der Waals surface area contributed by atoms with Crippen LogP contribution >= 0.6 is 0 Å². The summed E-state index contributed by atoms with van der Waals surface area (Å²) < 4.78 is 52.4. The third kappa shape index (κ3) is 8.06. The molecule has 4 rings (SSSR count). The van der Waals surface area contributed by atoms with Crippen molar-refractivity contribution in [3.63, 3.8) is 0 Å². The van der Waals surface area contributed by atoms with Gasteiger partial charge in [0.25, 0.3) is 5.88 Å². The molecule has 1 aliphatic rings. The first kappa shape index (κ1) is 27.7. The number of oxime groups is 1. The van der Waals surface area contributed by atoms with Crippen molar-refractivity contribution in [2.75, 3.05) is 13.1 Å². The van der Waals surface area contributed by atoms with Gasteiger partial charge in [0.2, 0.25) is 5.88 Å². The Bertz CT molecular complexity index is 1280. The molecular weight excluding hydrogens is 517 g/mol. The fraction of sp³-hybridized carbons (Fsp3) is 0.333. The van der Waals surface area contributed by atoms with Crippen molar-refractivity contribution in [1.29, 1.82) is 0 Å². The van der Waals surface area contributed by atoms with Crippen LogP contribution in [-0.2, 0) is 11.3 Å². The number of nitrogens with zero attached hydrogens (tertiary/aromatic N) is 4. The van der Waals surface area contributed by atoms with E-state index >= 15 is 0 Å². The quantitative estimate of drug-likeness (QED) is 0.267. The molecule has 1 saturated heterocycles. The Kier molecular flexibility index (Phi) is 8.84. The van der Waals surface area contributed by atoms with Crippen LogP contribution in [0, 0.1) is 6.92 Å². The van der Waals surface area contributed by atoms with Crippen LogP contribution < -0.4 is 14.3 Å². The lowest BCUT2D eigenvalue weighted by Crippen LogP contribution is -2.42. The molecule has 0 unspecified atom stereocenters. The summed E-state index contributed by atoms with van der Waals surface area (Å²) in [5, 5.41) is 4.04. The lowest BCUT2D eigenvalue weighted by Gasteiger charge is -2.31. The van der Waals surface area contributed by atoms with Crippen LogP contribution in [0.4, 0.5) is 18.0 Å². The molecule has 9 nitrogen and oxygen atoms in total. The van der Waals surface area contributed by atoms with Crippen molar-refractivity contribution < 1.29 is 37.0 Å². The molecule has 0 saturated carbocycles. The molecule has 0 N–H and O–H groups in total. The van der Waals surface area contributed by atoms with Gasteiger partial charge in [0.1, 0.15) is 24.8 Å². The Balaban J connectivity index is 1.28. The molecule has 1 aromatic heterocycles. The van der Waals surface area contributed by atoms with Crippen LogP contribution in [0.1, 0.15) is 36.5 Å². The van der Waals surface area contributed by atoms with Gasteiger partial charge in [0.05, 0.1) is 11.3 Å². The highest BCUT2D eigenvalue weighted by atomic mass is 19.4. The molecule has 1 fully saturated rings. The Hall–Kier alpha value is -4.35. The van der Waals surface area contributed by atoms with Crippen molar-refractivity contribution >= 4 is 11.8 Å². The molecule has 3 aromatic rings. The topological polar surface area (TPSA) is 95.4 Å². The molecule has 206 valence electrons. The van der Waals surface area contributed by atoms with Gasteiger partial charge in [0.15, 0.2) is 0 Å². The first-order valence-electron chi connectivity index (χ1n) is 12.2. The van der Waals surface area contributed by atoms with Gasteiger partial charge in [-0.25, -0.2) is 9.78 Å². The zero-order chi connectivity index (χ0) is 27.8. The Morgan fingerprint density at radius 2 is 1.69 bits per heavy atom. The summed E-state index contributed by atoms with van der Waals surface area (Å²) in [5.74, 6) is 0.188. The third-order valence-electron chi connectivity index (χ3n) is 5.95. The van der Waals surface area contributed by atoms with E-state index in [9.17, 15) is 18.0 Å². The summed E-state index contributed by atoms with van der Waals surface area (Å²) in [6.07, 6.45) is -2.78. The monoisotopic (exact) mass is 544 g/mol. The number of likely N-dealkylation sites (tertiary alicyclic amines) is 1. The van der Waals surface area contributed by atoms with Crippen LogP contribution in [-0.4, -0.2) is 52.2 Å². The summed E-state index contributed by atoms with van der Waals surface area (Å²) in [6, 6.07) is 14.8. The second-order valence-corrected chi connectivity index (χ2v) is 8.79. The van der Waals surface area contributed by atoms with E-state index in [1.54, 1.807) is 18.7 Å². The SMILES string of the molecule is CC(=NOc1ncnc(OC2CCN(C(=O)OCc3ccccc3)CC2)c1C)c1ccc(OC(F)(F)F)cc1. The number of benzene rings is 2. The molecule has 12 heteroatoms. The van der Waals surface area contributed by atoms with Gasteiger partial charge >= 0.3 is 12.5 Å². The average Bonchev–Trinajstić information content (AvgIpc) is 2.92. The van der Waals surface area contributed by atoms with Gasteiger partial charge in [-0.1, -0.05) is 35.5 Å². The smallest absolute Gasteiger partial charge is 0.474 e. The van der Waals surface area contributed by atoms with E-state index in [1.165, 1.54) is 30.6 Å². The number of halogens is 3. The maximum absolute atomic E-state index is 12.4. The predicted octanol–water partition coefficient (Wildman–Crippen LogP) is 5.67. The molecule has 1 amide bonds. The van der Waals surface area contributed by atoms with Crippen LogP contribution in [0.3, 0.4) is 0 Å². The molecule has 1 aliphatic heterocycles. The minimum atomic E-state index is -4.76. The maximum atomic E-state index is 12.4. The van der Waals surface area contributed by atoms with Crippen molar-refractivity contribution in [2.24, 2.45) is 5.16 Å². The van der Waals surface area contributed by atoms with E-state index in [-0.39, 0.29) is 30.4 Å². The number of hydrogen-bond donors (Lipinski definition) is 0. The van der Waals surface area contributed by atoms with Crippen molar-refractivity contribution in [2.45, 2.75) is 45.8 Å². The molecule has 0 spiro atoms. The second-order valence-electron chi connectivity index (χ2n) is 8.79. The van der Waals surface area contributed by atoms with Gasteiger partial charge in [-0.3, -0.25) is 0 Å². The van der Waals surface area contributed by atoms with E-state index < -0.39 is 6.36 Å². The number of piperidine rings is 1. The molecule has 0 atom stereocenters. The molecular formula is C27H27F3N4O5. The van der Waals surface area contributed by atoms with Crippen LogP contribution in [0.25, 0.3) is 0 Å². The number of carbonyl (C=O) groups excluding carboxylic acids is 1. The summed E-state index contributed by atoms with van der Waals surface area (Å²) in [7, 11) is 0. The Morgan fingerprint density at radius 1 is 1.03 bits per heavy atom. The van der Waals surface area contributed by atoms with Crippen LogP contribution in [0.15, 0.2) is 66.1 Å². The van der Waals surface area contributed by atoms with Gasteiger partial charge in [-0.05, 0) is 49.2 Å². The molecule has 2 heterocycles. The highest BCUT2D eigenvalue weighted by Gasteiger charge is 2.31.